The molecule has 3 aliphatic rings. The van der Waals surface area contributed by atoms with Gasteiger partial charge in [-0.3, -0.25) is 4.79 Å². The number of benzene rings is 1. The Morgan fingerprint density at radius 3 is 2.67 bits per heavy atom. The Morgan fingerprint density at radius 2 is 2.04 bits per heavy atom. The van der Waals surface area contributed by atoms with Gasteiger partial charge in [-0.05, 0) is 44.1 Å². The Balaban J connectivity index is 1.81. The maximum absolute atomic E-state index is 14.7. The number of allylic oxidation sites excluding steroid dienone is 1. The van der Waals surface area contributed by atoms with Crippen LogP contribution in [0.4, 0.5) is 4.39 Å². The maximum Gasteiger partial charge on any atom is 0.254 e. The van der Waals surface area contributed by atoms with Gasteiger partial charge in [0.25, 0.3) is 5.91 Å². The molecule has 8 heteroatoms. The van der Waals surface area contributed by atoms with Crippen molar-refractivity contribution in [1.29, 1.82) is 0 Å². The number of thiocarbonyl (C=S) groups is 1. The summed E-state index contributed by atoms with van der Waals surface area (Å²) in [5, 5.41) is 3.97. The van der Waals surface area contributed by atoms with E-state index in [0.717, 1.165) is 18.5 Å². The van der Waals surface area contributed by atoms with E-state index in [9.17, 15) is 9.18 Å². The van der Waals surface area contributed by atoms with Gasteiger partial charge < -0.3 is 19.9 Å². The largest absolute Gasteiger partial charge is 0.378 e. The number of morpholine rings is 1. The molecule has 1 aliphatic carbocycles. The summed E-state index contributed by atoms with van der Waals surface area (Å²) in [6, 6.07) is 4.13. The van der Waals surface area contributed by atoms with Crippen molar-refractivity contribution in [3.05, 3.63) is 45.9 Å². The first-order valence-corrected chi connectivity index (χ1v) is 9.89. The molecule has 5 nitrogen and oxygen atoms in total. The molecule has 1 saturated carbocycles. The molecule has 144 valence electrons. The van der Waals surface area contributed by atoms with Crippen LogP contribution in [0, 0.1) is 5.82 Å². The van der Waals surface area contributed by atoms with Crippen LogP contribution in [0.2, 0.25) is 5.02 Å². The van der Waals surface area contributed by atoms with Gasteiger partial charge in [0.2, 0.25) is 0 Å². The van der Waals surface area contributed by atoms with Gasteiger partial charge in [0.1, 0.15) is 5.82 Å². The number of hydrogen-bond acceptors (Lipinski definition) is 3. The number of nitrogens with one attached hydrogen (secondary N) is 1. The van der Waals surface area contributed by atoms with Crippen molar-refractivity contribution in [2.75, 3.05) is 26.3 Å². The van der Waals surface area contributed by atoms with Crippen molar-refractivity contribution in [1.82, 2.24) is 15.1 Å². The van der Waals surface area contributed by atoms with Gasteiger partial charge in [-0.2, -0.15) is 0 Å². The molecule has 0 radical (unpaired) electrons. The van der Waals surface area contributed by atoms with E-state index >= 15 is 0 Å². The molecule has 2 heterocycles. The Kier molecular flexibility index (Phi) is 5.09. The zero-order valence-electron chi connectivity index (χ0n) is 15.0. The zero-order valence-corrected chi connectivity index (χ0v) is 16.6. The highest BCUT2D eigenvalue weighted by Crippen LogP contribution is 2.40. The highest BCUT2D eigenvalue weighted by molar-refractivity contribution is 7.80. The van der Waals surface area contributed by atoms with Crippen molar-refractivity contribution < 1.29 is 13.9 Å². The van der Waals surface area contributed by atoms with E-state index in [0.29, 0.717) is 43.0 Å². The Bertz CT molecular complexity index is 801. The fourth-order valence-corrected chi connectivity index (χ4v) is 4.42. The third-order valence-electron chi connectivity index (χ3n) is 5.26. The van der Waals surface area contributed by atoms with Crippen molar-refractivity contribution in [3.63, 3.8) is 0 Å². The lowest BCUT2D eigenvalue weighted by Gasteiger charge is -2.40. The molecule has 1 aromatic rings. The molecular weight excluding hydrogens is 389 g/mol. The van der Waals surface area contributed by atoms with Crippen LogP contribution in [0.5, 0.6) is 0 Å². The van der Waals surface area contributed by atoms with E-state index in [1.165, 1.54) is 6.07 Å². The molecule has 1 amide bonds. The van der Waals surface area contributed by atoms with Crippen LogP contribution >= 0.6 is 23.8 Å². The lowest BCUT2D eigenvalue weighted by Crippen LogP contribution is -2.51. The van der Waals surface area contributed by atoms with Crippen LogP contribution in [0.3, 0.4) is 0 Å². The normalized spacial score (nSPS) is 23.5. The summed E-state index contributed by atoms with van der Waals surface area (Å²) < 4.78 is 20.0. The van der Waals surface area contributed by atoms with Crippen LogP contribution in [0.15, 0.2) is 29.5 Å². The predicted molar refractivity (Wildman–Crippen MR) is 105 cm³/mol. The quantitative estimate of drug-likeness (QED) is 0.777. The highest BCUT2D eigenvalue weighted by atomic mass is 35.5. The van der Waals surface area contributed by atoms with Crippen LogP contribution < -0.4 is 5.32 Å². The van der Waals surface area contributed by atoms with Gasteiger partial charge in [0, 0.05) is 35.4 Å². The molecular formula is C19H21ClFN3O2S. The number of ether oxygens (including phenoxy) is 1. The summed E-state index contributed by atoms with van der Waals surface area (Å²) in [6.45, 7) is 3.92. The number of amides is 1. The Morgan fingerprint density at radius 1 is 1.33 bits per heavy atom. The smallest absolute Gasteiger partial charge is 0.254 e. The molecule has 1 N–H and O–H groups in total. The van der Waals surface area contributed by atoms with Gasteiger partial charge in [-0.25, -0.2) is 4.39 Å². The first-order valence-electron chi connectivity index (χ1n) is 9.10. The Labute approximate surface area is 168 Å². The van der Waals surface area contributed by atoms with Gasteiger partial charge in [0.05, 0.1) is 24.8 Å². The second kappa shape index (κ2) is 7.37. The Hall–Kier alpha value is -1.70. The first-order chi connectivity index (χ1) is 13.0. The monoisotopic (exact) mass is 409 g/mol. The fraction of sp³-hybridized carbons (Fsp3) is 0.474. The third-order valence-corrected chi connectivity index (χ3v) is 5.90. The van der Waals surface area contributed by atoms with E-state index in [1.54, 1.807) is 17.0 Å². The molecule has 2 aliphatic heterocycles. The second-order valence-corrected chi connectivity index (χ2v) is 7.82. The summed E-state index contributed by atoms with van der Waals surface area (Å²) in [6.07, 6.45) is 2.06. The molecule has 0 spiro atoms. The van der Waals surface area contributed by atoms with E-state index < -0.39 is 11.9 Å². The molecule has 2 fully saturated rings. The maximum atomic E-state index is 14.7. The standard InChI is InChI=1S/C19H21ClFN3O2S/c1-11-15(18(25)23-7-9-26-10-8-23)17(16-13(20)3-2-4-14(16)21)22-19(27)24(11)12-5-6-12/h2-4,12,17H,5-10H2,1H3,(H,22,27). The summed E-state index contributed by atoms with van der Waals surface area (Å²) >= 11 is 11.9. The van der Waals surface area contributed by atoms with Gasteiger partial charge >= 0.3 is 0 Å². The van der Waals surface area contributed by atoms with E-state index in [4.69, 9.17) is 28.6 Å². The van der Waals surface area contributed by atoms with Gasteiger partial charge in [-0.15, -0.1) is 0 Å². The number of halogens is 2. The average molecular weight is 410 g/mol. The van der Waals surface area contributed by atoms with E-state index in [-0.39, 0.29) is 16.5 Å². The van der Waals surface area contributed by atoms with Crippen LogP contribution in [-0.2, 0) is 9.53 Å². The lowest BCUT2D eigenvalue weighted by atomic mass is 9.93. The molecule has 0 aromatic heterocycles. The number of hydrogen-bond donors (Lipinski definition) is 1. The van der Waals surface area contributed by atoms with Gasteiger partial charge in [0.15, 0.2) is 5.11 Å². The minimum absolute atomic E-state index is 0.124. The lowest BCUT2D eigenvalue weighted by molar-refractivity contribution is -0.131. The number of nitrogens with zero attached hydrogens (tertiary/aromatic N) is 2. The van der Waals surface area contributed by atoms with Crippen LogP contribution in [-0.4, -0.2) is 53.2 Å². The van der Waals surface area contributed by atoms with Crippen LogP contribution in [0.1, 0.15) is 31.4 Å². The number of carbonyl (C=O) groups excluding carboxylic acids is 1. The van der Waals surface area contributed by atoms with Gasteiger partial charge in [-0.1, -0.05) is 17.7 Å². The minimum Gasteiger partial charge on any atom is -0.378 e. The summed E-state index contributed by atoms with van der Waals surface area (Å²) in [5.41, 5.74) is 1.54. The van der Waals surface area contributed by atoms with Crippen LogP contribution in [0.25, 0.3) is 0 Å². The molecule has 1 unspecified atom stereocenters. The third kappa shape index (κ3) is 3.44. The topological polar surface area (TPSA) is 44.8 Å². The predicted octanol–water partition coefficient (Wildman–Crippen LogP) is 3.01. The van der Waals surface area contributed by atoms with E-state index in [1.807, 2.05) is 11.8 Å². The summed E-state index contributed by atoms with van der Waals surface area (Å²) in [7, 11) is 0. The fourth-order valence-electron chi connectivity index (χ4n) is 3.75. The minimum atomic E-state index is -0.712. The average Bonchev–Trinajstić information content (AvgIpc) is 3.47. The summed E-state index contributed by atoms with van der Waals surface area (Å²) in [4.78, 5) is 17.2. The second-order valence-electron chi connectivity index (χ2n) is 7.02. The van der Waals surface area contributed by atoms with E-state index in [2.05, 4.69) is 5.32 Å². The first kappa shape index (κ1) is 18.7. The number of rotatable bonds is 3. The zero-order chi connectivity index (χ0) is 19.1. The molecule has 0 bridgehead atoms. The van der Waals surface area contributed by atoms with Crippen molar-refractivity contribution in [3.8, 4) is 0 Å². The summed E-state index contributed by atoms with van der Waals surface area (Å²) in [5.74, 6) is -0.580. The van der Waals surface area contributed by atoms with Crippen molar-refractivity contribution in [2.45, 2.75) is 31.8 Å². The molecule has 1 saturated heterocycles. The highest BCUT2D eigenvalue weighted by Gasteiger charge is 2.42. The molecule has 27 heavy (non-hydrogen) atoms. The SMILES string of the molecule is CC1=C(C(=O)N2CCOCC2)C(c2c(F)cccc2Cl)NC(=S)N1C1CC1. The molecule has 1 aromatic carbocycles. The van der Waals surface area contributed by atoms with Crippen molar-refractivity contribution in [2.24, 2.45) is 0 Å². The van der Waals surface area contributed by atoms with Crippen molar-refractivity contribution >= 4 is 34.8 Å². The molecule has 4 rings (SSSR count). The number of carbonyl (C=O) groups is 1. The molecule has 1 atom stereocenters.